The van der Waals surface area contributed by atoms with E-state index in [4.69, 9.17) is 0 Å². The van der Waals surface area contributed by atoms with E-state index in [1.807, 2.05) is 7.05 Å². The van der Waals surface area contributed by atoms with Gasteiger partial charge in [0.2, 0.25) is 0 Å². The van der Waals surface area contributed by atoms with E-state index in [1.165, 1.54) is 4.90 Å². The van der Waals surface area contributed by atoms with E-state index in [0.717, 1.165) is 25.9 Å². The normalized spacial score (nSPS) is 20.4. The Morgan fingerprint density at radius 1 is 1.27 bits per heavy atom. The van der Waals surface area contributed by atoms with Gasteiger partial charge in [0.25, 0.3) is 0 Å². The van der Waals surface area contributed by atoms with Gasteiger partial charge in [-0.05, 0) is 46.5 Å². The molecular formula is C8H17BF3KN2. The van der Waals surface area contributed by atoms with Crippen molar-refractivity contribution in [2.24, 2.45) is 0 Å². The van der Waals surface area contributed by atoms with Crippen LogP contribution in [0.15, 0.2) is 0 Å². The van der Waals surface area contributed by atoms with Gasteiger partial charge in [0, 0.05) is 6.04 Å². The van der Waals surface area contributed by atoms with Crippen LogP contribution in [0.3, 0.4) is 0 Å². The van der Waals surface area contributed by atoms with Gasteiger partial charge in [0.15, 0.2) is 0 Å². The van der Waals surface area contributed by atoms with Crippen LogP contribution in [0.1, 0.15) is 12.8 Å². The maximum atomic E-state index is 12.1. The van der Waals surface area contributed by atoms with Crippen LogP contribution in [0.2, 0.25) is 0 Å². The minimum atomic E-state index is -4.67. The molecule has 1 aliphatic rings. The first kappa shape index (κ1) is 16.4. The third-order valence-corrected chi connectivity index (χ3v) is 2.81. The van der Waals surface area contributed by atoms with E-state index in [-0.39, 0.29) is 57.4 Å². The SMILES string of the molecule is CN1CCC(N(C)C[B-](F)(F)F)CC1.[K+]. The standard InChI is InChI=1S/C8H17BF3N2.K/c1-13-5-3-8(4-6-13)14(2)7-9(10,11)12;/h8H,3-7H2,1-2H3;/q-1;+1. The van der Waals surface area contributed by atoms with E-state index >= 15 is 0 Å². The van der Waals surface area contributed by atoms with Gasteiger partial charge in [-0.3, -0.25) is 0 Å². The maximum Gasteiger partial charge on any atom is 1.00 e. The molecule has 0 unspecified atom stereocenters. The summed E-state index contributed by atoms with van der Waals surface area (Å²) in [6.45, 7) is -2.87. The molecule has 15 heavy (non-hydrogen) atoms. The Balaban J connectivity index is 0.00000196. The number of nitrogens with zero attached hydrogens (tertiary/aromatic N) is 2. The fraction of sp³-hybridized carbons (Fsp3) is 1.00. The maximum absolute atomic E-state index is 12.1. The molecule has 1 aliphatic heterocycles. The van der Waals surface area contributed by atoms with Crippen LogP contribution in [-0.4, -0.2) is 56.4 Å². The Labute approximate surface area is 132 Å². The molecule has 7 heteroatoms. The zero-order valence-corrected chi connectivity index (χ0v) is 12.8. The molecule has 1 saturated heterocycles. The molecule has 0 aliphatic carbocycles. The molecule has 0 aromatic heterocycles. The van der Waals surface area contributed by atoms with Gasteiger partial charge in [-0.15, -0.1) is 0 Å². The average Bonchev–Trinajstić information content (AvgIpc) is 2.02. The summed E-state index contributed by atoms with van der Waals surface area (Å²) in [7, 11) is 3.58. The Morgan fingerprint density at radius 2 is 1.73 bits per heavy atom. The van der Waals surface area contributed by atoms with Gasteiger partial charge in [0.05, 0.1) is 0 Å². The van der Waals surface area contributed by atoms with Crippen LogP contribution < -0.4 is 51.4 Å². The van der Waals surface area contributed by atoms with Crippen molar-refractivity contribution >= 4 is 6.98 Å². The van der Waals surface area contributed by atoms with Crippen molar-refractivity contribution in [3.63, 3.8) is 0 Å². The first-order valence-electron chi connectivity index (χ1n) is 4.98. The van der Waals surface area contributed by atoms with E-state index in [9.17, 15) is 12.9 Å². The Hall–Kier alpha value is 1.41. The Morgan fingerprint density at radius 3 is 2.13 bits per heavy atom. The van der Waals surface area contributed by atoms with Crippen molar-refractivity contribution < 1.29 is 64.3 Å². The summed E-state index contributed by atoms with van der Waals surface area (Å²) in [5, 5.41) is 0. The van der Waals surface area contributed by atoms with Crippen molar-refractivity contribution in [3.05, 3.63) is 0 Å². The van der Waals surface area contributed by atoms with Crippen molar-refractivity contribution in [3.8, 4) is 0 Å². The summed E-state index contributed by atoms with van der Waals surface area (Å²) in [5.41, 5.74) is 0. The summed E-state index contributed by atoms with van der Waals surface area (Å²) in [6, 6.07) is 0.106. The summed E-state index contributed by atoms with van der Waals surface area (Å²) < 4.78 is 36.4. The number of hydrogen-bond donors (Lipinski definition) is 0. The molecule has 1 heterocycles. The van der Waals surface area contributed by atoms with Crippen molar-refractivity contribution in [1.82, 2.24) is 9.80 Å². The second-order valence-electron chi connectivity index (χ2n) is 4.18. The minimum absolute atomic E-state index is 0. The smallest absolute Gasteiger partial charge is 0.448 e. The van der Waals surface area contributed by atoms with E-state index in [1.54, 1.807) is 7.05 Å². The predicted molar refractivity (Wildman–Crippen MR) is 52.2 cm³/mol. The molecule has 1 rings (SSSR count). The molecular weight excluding hydrogens is 231 g/mol. The molecule has 2 nitrogen and oxygen atoms in total. The predicted octanol–water partition coefficient (Wildman–Crippen LogP) is -1.60. The molecule has 0 saturated carbocycles. The van der Waals surface area contributed by atoms with Gasteiger partial charge in [0.1, 0.15) is 0 Å². The first-order chi connectivity index (χ1) is 6.38. The second-order valence-corrected chi connectivity index (χ2v) is 4.18. The molecule has 0 N–H and O–H groups in total. The topological polar surface area (TPSA) is 6.48 Å². The molecule has 0 amide bonds. The second kappa shape index (κ2) is 6.98. The molecule has 0 atom stereocenters. The summed E-state index contributed by atoms with van der Waals surface area (Å²) in [6.07, 6.45) is 0.965. The third kappa shape index (κ3) is 6.65. The van der Waals surface area contributed by atoms with Gasteiger partial charge in [-0.2, -0.15) is 0 Å². The van der Waals surface area contributed by atoms with Gasteiger partial charge in [-0.25, -0.2) is 0 Å². The monoisotopic (exact) mass is 248 g/mol. The molecule has 0 radical (unpaired) electrons. The Kier molecular flexibility index (Phi) is 7.64. The molecule has 84 valence electrons. The van der Waals surface area contributed by atoms with Crippen molar-refractivity contribution in [2.45, 2.75) is 18.9 Å². The largest absolute Gasteiger partial charge is 1.00 e. The number of likely N-dealkylation sites (tertiary alicyclic amines) is 1. The average molecular weight is 248 g/mol. The van der Waals surface area contributed by atoms with E-state index in [2.05, 4.69) is 4.90 Å². The number of rotatable bonds is 3. The zero-order valence-electron chi connectivity index (χ0n) is 9.72. The quantitative estimate of drug-likeness (QED) is 0.555. The van der Waals surface area contributed by atoms with Crippen LogP contribution >= 0.6 is 0 Å². The van der Waals surface area contributed by atoms with E-state index < -0.39 is 13.4 Å². The van der Waals surface area contributed by atoms with Crippen LogP contribution in [-0.2, 0) is 0 Å². The zero-order chi connectivity index (χ0) is 10.8. The number of hydrogen-bond acceptors (Lipinski definition) is 2. The van der Waals surface area contributed by atoms with Gasteiger partial charge >= 0.3 is 58.4 Å². The molecule has 0 spiro atoms. The Bertz CT molecular complexity index is 183. The summed E-state index contributed by atoms with van der Waals surface area (Å²) in [5.74, 6) is 0. The van der Waals surface area contributed by atoms with Crippen molar-refractivity contribution in [2.75, 3.05) is 33.6 Å². The molecule has 1 fully saturated rings. The summed E-state index contributed by atoms with van der Waals surface area (Å²) >= 11 is 0. The van der Waals surface area contributed by atoms with E-state index in [0.29, 0.717) is 0 Å². The number of piperidine rings is 1. The first-order valence-corrected chi connectivity index (χ1v) is 4.98. The number of halogens is 3. The molecule has 0 aromatic rings. The van der Waals surface area contributed by atoms with Crippen LogP contribution in [0.5, 0.6) is 0 Å². The minimum Gasteiger partial charge on any atom is -0.448 e. The fourth-order valence-corrected chi connectivity index (χ4v) is 1.91. The van der Waals surface area contributed by atoms with Crippen LogP contribution in [0.25, 0.3) is 0 Å². The fourth-order valence-electron chi connectivity index (χ4n) is 1.91. The molecule has 0 bridgehead atoms. The van der Waals surface area contributed by atoms with Gasteiger partial charge in [-0.1, -0.05) is 0 Å². The third-order valence-electron chi connectivity index (χ3n) is 2.81. The van der Waals surface area contributed by atoms with Crippen LogP contribution in [0, 0.1) is 0 Å². The summed E-state index contributed by atoms with van der Waals surface area (Å²) in [4.78, 5) is 3.61. The molecule has 0 aromatic carbocycles. The van der Waals surface area contributed by atoms with Crippen molar-refractivity contribution in [1.29, 1.82) is 0 Å². The van der Waals surface area contributed by atoms with Crippen LogP contribution in [0.4, 0.5) is 12.9 Å². The van der Waals surface area contributed by atoms with Gasteiger partial charge < -0.3 is 22.7 Å².